The van der Waals surface area contributed by atoms with Gasteiger partial charge in [-0.15, -0.1) is 11.3 Å². The zero-order chi connectivity index (χ0) is 21.2. The number of esters is 1. The third-order valence-electron chi connectivity index (χ3n) is 4.07. The second-order valence-corrected chi connectivity index (χ2v) is 9.01. The van der Waals surface area contributed by atoms with E-state index in [1.54, 1.807) is 24.1 Å². The largest absolute Gasteiger partial charge is 0.464 e. The van der Waals surface area contributed by atoms with Crippen LogP contribution in [0.25, 0.3) is 0 Å². The van der Waals surface area contributed by atoms with E-state index in [9.17, 15) is 9.59 Å². The van der Waals surface area contributed by atoms with Crippen molar-refractivity contribution in [2.24, 2.45) is 11.7 Å². The summed E-state index contributed by atoms with van der Waals surface area (Å²) in [7, 11) is 0. The minimum atomic E-state index is -0.731. The maximum Gasteiger partial charge on any atom is 0.329 e. The van der Waals surface area contributed by atoms with Crippen molar-refractivity contribution in [1.82, 2.24) is 10.3 Å². The third kappa shape index (κ3) is 7.79. The van der Waals surface area contributed by atoms with E-state index in [4.69, 9.17) is 10.5 Å². The van der Waals surface area contributed by atoms with Crippen molar-refractivity contribution in [3.05, 3.63) is 52.0 Å². The summed E-state index contributed by atoms with van der Waals surface area (Å²) in [5, 5.41) is 5.18. The maximum atomic E-state index is 12.6. The first-order valence-corrected chi connectivity index (χ1v) is 11.7. The molecule has 0 fully saturated rings. The fourth-order valence-electron chi connectivity index (χ4n) is 2.68. The number of benzene rings is 1. The molecule has 6 nitrogen and oxygen atoms in total. The van der Waals surface area contributed by atoms with E-state index in [0.29, 0.717) is 11.7 Å². The highest BCUT2D eigenvalue weighted by atomic mass is 32.2. The lowest BCUT2D eigenvalue weighted by Crippen LogP contribution is -2.43. The average Bonchev–Trinajstić information content (AvgIpc) is 3.18. The fraction of sp³-hybridized carbons (Fsp3) is 0.476. The molecule has 0 radical (unpaired) electrons. The zero-order valence-electron chi connectivity index (χ0n) is 17.1. The summed E-state index contributed by atoms with van der Waals surface area (Å²) in [6.07, 6.45) is 0.802. The Hall–Kier alpha value is -1.90. The number of nitrogens with two attached hydrogens (primary N) is 1. The van der Waals surface area contributed by atoms with E-state index in [1.807, 2.05) is 30.3 Å². The molecule has 158 valence electrons. The van der Waals surface area contributed by atoms with Crippen molar-refractivity contribution in [3.63, 3.8) is 0 Å². The molecule has 0 aliphatic heterocycles. The van der Waals surface area contributed by atoms with Crippen LogP contribution in [0.3, 0.4) is 0 Å². The predicted octanol–water partition coefficient (Wildman–Crippen LogP) is 3.78. The van der Waals surface area contributed by atoms with Crippen LogP contribution in [0.15, 0.2) is 35.7 Å². The molecule has 0 aliphatic carbocycles. The molecule has 3 N–H and O–H groups in total. The number of thioether (sulfide) groups is 1. The fourth-order valence-corrected chi connectivity index (χ4v) is 4.50. The van der Waals surface area contributed by atoms with Crippen molar-refractivity contribution in [2.45, 2.75) is 45.0 Å². The van der Waals surface area contributed by atoms with Crippen LogP contribution in [-0.4, -0.2) is 35.3 Å². The Morgan fingerprint density at radius 3 is 2.66 bits per heavy atom. The first kappa shape index (κ1) is 23.4. The Balaban J connectivity index is 1.97. The van der Waals surface area contributed by atoms with Gasteiger partial charge in [-0.2, -0.15) is 11.8 Å². The number of nitrogens with one attached hydrogen (secondary N) is 1. The van der Waals surface area contributed by atoms with Gasteiger partial charge < -0.3 is 15.8 Å². The molecule has 0 aliphatic rings. The van der Waals surface area contributed by atoms with Gasteiger partial charge in [0.1, 0.15) is 16.7 Å². The standard InChI is InChI=1S/C21H29N3O3S2/c1-4-27-21(26)18(12-28-11-15-8-6-5-7-9-15)23-19(25)17-13-29-20(24-17)16(22)10-14(2)3/h5-9,13-14,16,18H,4,10-12,22H2,1-3H3,(H,23,25). The number of thiazole rings is 1. The highest BCUT2D eigenvalue weighted by molar-refractivity contribution is 7.98. The molecule has 1 amide bonds. The lowest BCUT2D eigenvalue weighted by atomic mass is 10.1. The van der Waals surface area contributed by atoms with E-state index < -0.39 is 12.0 Å². The lowest BCUT2D eigenvalue weighted by Gasteiger charge is -2.16. The van der Waals surface area contributed by atoms with Crippen molar-refractivity contribution in [1.29, 1.82) is 0 Å². The first-order valence-electron chi connectivity index (χ1n) is 9.70. The Morgan fingerprint density at radius 2 is 2.00 bits per heavy atom. The Kier molecular flexibility index (Phi) is 9.63. The smallest absolute Gasteiger partial charge is 0.329 e. The molecule has 1 aromatic heterocycles. The molecule has 2 atom stereocenters. The van der Waals surface area contributed by atoms with E-state index in [1.165, 1.54) is 11.3 Å². The van der Waals surface area contributed by atoms with Crippen LogP contribution in [0.2, 0.25) is 0 Å². The van der Waals surface area contributed by atoms with Gasteiger partial charge in [0, 0.05) is 16.9 Å². The number of hydrogen-bond acceptors (Lipinski definition) is 7. The molecule has 0 bridgehead atoms. The van der Waals surface area contributed by atoms with Crippen LogP contribution in [0, 0.1) is 5.92 Å². The van der Waals surface area contributed by atoms with Gasteiger partial charge in [-0.25, -0.2) is 9.78 Å². The number of amides is 1. The Labute approximate surface area is 180 Å². The number of rotatable bonds is 11. The van der Waals surface area contributed by atoms with Crippen LogP contribution < -0.4 is 11.1 Å². The zero-order valence-corrected chi connectivity index (χ0v) is 18.7. The number of carbonyl (C=O) groups is 2. The summed E-state index contributed by atoms with van der Waals surface area (Å²) >= 11 is 2.94. The van der Waals surface area contributed by atoms with Crippen molar-refractivity contribution in [2.75, 3.05) is 12.4 Å². The van der Waals surface area contributed by atoms with E-state index in [-0.39, 0.29) is 24.2 Å². The predicted molar refractivity (Wildman–Crippen MR) is 119 cm³/mol. The molecule has 2 aromatic rings. The van der Waals surface area contributed by atoms with Gasteiger partial charge in [-0.05, 0) is 24.8 Å². The van der Waals surface area contributed by atoms with Crippen molar-refractivity contribution < 1.29 is 14.3 Å². The molecular weight excluding hydrogens is 406 g/mol. The van der Waals surface area contributed by atoms with Gasteiger partial charge in [0.2, 0.25) is 0 Å². The van der Waals surface area contributed by atoms with Gasteiger partial charge in [-0.3, -0.25) is 4.79 Å². The third-order valence-corrected chi connectivity index (χ3v) is 6.15. The van der Waals surface area contributed by atoms with Crippen LogP contribution in [0.5, 0.6) is 0 Å². The molecule has 1 heterocycles. The van der Waals surface area contributed by atoms with Crippen molar-refractivity contribution in [3.8, 4) is 0 Å². The molecule has 1 aromatic carbocycles. The molecule has 0 spiro atoms. The summed E-state index contributed by atoms with van der Waals surface area (Å²) in [5.41, 5.74) is 7.60. The van der Waals surface area contributed by atoms with Crippen LogP contribution in [0.4, 0.5) is 0 Å². The number of hydrogen-bond donors (Lipinski definition) is 2. The Morgan fingerprint density at radius 1 is 1.28 bits per heavy atom. The molecular formula is C21H29N3O3S2. The van der Waals surface area contributed by atoms with Crippen molar-refractivity contribution >= 4 is 35.0 Å². The molecule has 2 unspecified atom stereocenters. The van der Waals surface area contributed by atoms with E-state index >= 15 is 0 Å². The van der Waals surface area contributed by atoms with Crippen LogP contribution in [0.1, 0.15) is 54.3 Å². The Bertz CT molecular complexity index is 780. The summed E-state index contributed by atoms with van der Waals surface area (Å²) in [6, 6.07) is 9.05. The summed E-state index contributed by atoms with van der Waals surface area (Å²) < 4.78 is 5.13. The van der Waals surface area contributed by atoms with Gasteiger partial charge >= 0.3 is 5.97 Å². The number of aromatic nitrogens is 1. The molecule has 0 saturated heterocycles. The van der Waals surface area contributed by atoms with Gasteiger partial charge in [0.05, 0.1) is 12.6 Å². The van der Waals surface area contributed by atoms with Gasteiger partial charge in [-0.1, -0.05) is 44.2 Å². The molecule has 8 heteroatoms. The monoisotopic (exact) mass is 435 g/mol. The summed E-state index contributed by atoms with van der Waals surface area (Å²) in [6.45, 7) is 6.20. The first-order chi connectivity index (χ1) is 13.9. The number of nitrogens with zero attached hydrogens (tertiary/aromatic N) is 1. The quantitative estimate of drug-likeness (QED) is 0.522. The minimum Gasteiger partial charge on any atom is -0.464 e. The maximum absolute atomic E-state index is 12.6. The number of carbonyl (C=O) groups excluding carboxylic acids is 2. The number of ether oxygens (including phenoxy) is 1. The topological polar surface area (TPSA) is 94.3 Å². The second kappa shape index (κ2) is 11.9. The van der Waals surface area contributed by atoms with Gasteiger partial charge in [0.15, 0.2) is 0 Å². The summed E-state index contributed by atoms with van der Waals surface area (Å²) in [4.78, 5) is 29.3. The van der Waals surface area contributed by atoms with E-state index in [0.717, 1.165) is 22.7 Å². The van der Waals surface area contributed by atoms with E-state index in [2.05, 4.69) is 24.1 Å². The molecule has 2 rings (SSSR count). The molecule has 0 saturated carbocycles. The van der Waals surface area contributed by atoms with Gasteiger partial charge in [0.25, 0.3) is 5.91 Å². The lowest BCUT2D eigenvalue weighted by molar-refractivity contribution is -0.144. The highest BCUT2D eigenvalue weighted by Gasteiger charge is 2.24. The minimum absolute atomic E-state index is 0.191. The van der Waals surface area contributed by atoms with Crippen LogP contribution in [-0.2, 0) is 15.3 Å². The average molecular weight is 436 g/mol. The second-order valence-electron chi connectivity index (χ2n) is 7.09. The SMILES string of the molecule is CCOC(=O)C(CSCc1ccccc1)NC(=O)c1csc(C(N)CC(C)C)n1. The normalized spacial score (nSPS) is 13.1. The van der Waals surface area contributed by atoms with Crippen LogP contribution >= 0.6 is 23.1 Å². The molecule has 29 heavy (non-hydrogen) atoms. The highest BCUT2D eigenvalue weighted by Crippen LogP contribution is 2.22. The summed E-state index contributed by atoms with van der Waals surface area (Å²) in [5.74, 6) is 0.790.